The van der Waals surface area contributed by atoms with Gasteiger partial charge in [0.1, 0.15) is 11.6 Å². The highest BCUT2D eigenvalue weighted by Gasteiger charge is 2.18. The van der Waals surface area contributed by atoms with Crippen molar-refractivity contribution in [2.24, 2.45) is 0 Å². The van der Waals surface area contributed by atoms with Crippen LogP contribution in [0.4, 0.5) is 5.82 Å². The fraction of sp³-hybridized carbons (Fsp3) is 0.200. The third-order valence-corrected chi connectivity index (χ3v) is 4.76. The van der Waals surface area contributed by atoms with E-state index in [0.717, 1.165) is 4.88 Å². The van der Waals surface area contributed by atoms with E-state index in [9.17, 15) is 4.79 Å². The first-order valence-electron chi connectivity index (χ1n) is 7.15. The van der Waals surface area contributed by atoms with Gasteiger partial charge in [0.2, 0.25) is 11.1 Å². The highest BCUT2D eigenvalue weighted by Crippen LogP contribution is 2.21. The van der Waals surface area contributed by atoms with E-state index < -0.39 is 0 Å². The number of thioether (sulfide) groups is 1. The van der Waals surface area contributed by atoms with Crippen molar-refractivity contribution < 1.29 is 9.32 Å². The lowest BCUT2D eigenvalue weighted by atomic mass is 10.4. The summed E-state index contributed by atoms with van der Waals surface area (Å²) >= 11 is 2.91. The highest BCUT2D eigenvalue weighted by atomic mass is 32.2. The molecule has 0 aliphatic heterocycles. The van der Waals surface area contributed by atoms with E-state index in [1.807, 2.05) is 29.7 Å². The van der Waals surface area contributed by atoms with Crippen LogP contribution in [0.15, 0.2) is 33.3 Å². The molecule has 1 atom stereocenters. The molecule has 0 aliphatic carbocycles. The summed E-state index contributed by atoms with van der Waals surface area (Å²) in [5.41, 5.74) is 0. The molecule has 0 aliphatic rings. The Morgan fingerprint density at radius 1 is 1.50 bits per heavy atom. The molecule has 7 nitrogen and oxygen atoms in total. The van der Waals surface area contributed by atoms with Crippen LogP contribution in [0.1, 0.15) is 23.4 Å². The zero-order valence-corrected chi connectivity index (χ0v) is 14.6. The number of carbonyl (C=O) groups is 1. The minimum absolute atomic E-state index is 0.186. The van der Waals surface area contributed by atoms with E-state index in [0.29, 0.717) is 22.6 Å². The van der Waals surface area contributed by atoms with E-state index in [1.54, 1.807) is 31.3 Å². The van der Waals surface area contributed by atoms with Crippen molar-refractivity contribution in [2.75, 3.05) is 5.32 Å². The van der Waals surface area contributed by atoms with Gasteiger partial charge in [-0.05, 0) is 37.4 Å². The summed E-state index contributed by atoms with van der Waals surface area (Å²) in [7, 11) is 0. The normalized spacial score (nSPS) is 12.6. The predicted molar refractivity (Wildman–Crippen MR) is 94.8 cm³/mol. The zero-order valence-electron chi connectivity index (χ0n) is 13.0. The van der Waals surface area contributed by atoms with E-state index in [2.05, 4.69) is 25.7 Å². The van der Waals surface area contributed by atoms with E-state index in [1.165, 1.54) is 11.8 Å². The van der Waals surface area contributed by atoms with Crippen molar-refractivity contribution in [3.8, 4) is 0 Å². The molecule has 24 heavy (non-hydrogen) atoms. The number of hydrogen-bond donors (Lipinski definition) is 2. The lowest BCUT2D eigenvalue weighted by Gasteiger charge is -2.07. The molecule has 0 spiro atoms. The van der Waals surface area contributed by atoms with Gasteiger partial charge >= 0.3 is 0 Å². The molecule has 0 aromatic carbocycles. The molecule has 3 aromatic heterocycles. The second-order valence-corrected chi connectivity index (χ2v) is 7.21. The topological polar surface area (TPSA) is 96.7 Å². The SMILES string of the molecule is Cc1cc(NC(=O)C(C)Sc2n[nH]c(/C=C/c3cccs3)n2)no1. The number of aromatic amines is 1. The maximum absolute atomic E-state index is 12.1. The van der Waals surface area contributed by atoms with E-state index in [4.69, 9.17) is 4.52 Å². The van der Waals surface area contributed by atoms with Crippen LogP contribution in [0.25, 0.3) is 12.2 Å². The summed E-state index contributed by atoms with van der Waals surface area (Å²) in [5.74, 6) is 1.50. The molecule has 0 saturated heterocycles. The monoisotopic (exact) mass is 361 g/mol. The number of anilines is 1. The Bertz CT molecular complexity index is 838. The molecule has 0 saturated carbocycles. The second kappa shape index (κ2) is 7.45. The third kappa shape index (κ3) is 4.33. The number of carbonyl (C=O) groups excluding carboxylic acids is 1. The number of nitrogens with one attached hydrogen (secondary N) is 2. The van der Waals surface area contributed by atoms with E-state index >= 15 is 0 Å². The van der Waals surface area contributed by atoms with Crippen molar-refractivity contribution in [3.63, 3.8) is 0 Å². The van der Waals surface area contributed by atoms with Crippen LogP contribution in [0.2, 0.25) is 0 Å². The Balaban J connectivity index is 1.56. The Kier molecular flexibility index (Phi) is 5.11. The highest BCUT2D eigenvalue weighted by molar-refractivity contribution is 8.00. The number of H-pyrrole nitrogens is 1. The molecule has 0 radical (unpaired) electrons. The van der Waals surface area contributed by atoms with Gasteiger partial charge in [-0.25, -0.2) is 4.98 Å². The summed E-state index contributed by atoms with van der Waals surface area (Å²) in [4.78, 5) is 17.6. The van der Waals surface area contributed by atoms with Crippen LogP contribution in [0.5, 0.6) is 0 Å². The summed E-state index contributed by atoms with van der Waals surface area (Å²) < 4.78 is 4.92. The molecule has 0 bridgehead atoms. The Labute approximate surface area is 146 Å². The lowest BCUT2D eigenvalue weighted by Crippen LogP contribution is -2.22. The molecule has 9 heteroatoms. The van der Waals surface area contributed by atoms with Crippen LogP contribution in [0, 0.1) is 6.92 Å². The van der Waals surface area contributed by atoms with Crippen LogP contribution in [0.3, 0.4) is 0 Å². The first-order chi connectivity index (χ1) is 11.6. The molecule has 1 unspecified atom stereocenters. The van der Waals surface area contributed by atoms with Gasteiger partial charge in [0.25, 0.3) is 0 Å². The van der Waals surface area contributed by atoms with Crippen LogP contribution in [-0.4, -0.2) is 31.5 Å². The van der Waals surface area contributed by atoms with Gasteiger partial charge < -0.3 is 9.84 Å². The van der Waals surface area contributed by atoms with Gasteiger partial charge in [-0.2, -0.15) is 0 Å². The van der Waals surface area contributed by atoms with Crippen LogP contribution in [-0.2, 0) is 4.79 Å². The number of amides is 1. The lowest BCUT2D eigenvalue weighted by molar-refractivity contribution is -0.115. The fourth-order valence-corrected chi connectivity index (χ4v) is 3.15. The van der Waals surface area contributed by atoms with Crippen LogP contribution < -0.4 is 5.32 Å². The van der Waals surface area contributed by atoms with Gasteiger partial charge in [0.05, 0.1) is 5.25 Å². The van der Waals surface area contributed by atoms with Crippen molar-refractivity contribution >= 4 is 47.0 Å². The molecule has 1 amide bonds. The molecule has 3 aromatic rings. The molecule has 3 heterocycles. The van der Waals surface area contributed by atoms with Crippen molar-refractivity contribution in [1.29, 1.82) is 0 Å². The second-order valence-electron chi connectivity index (χ2n) is 4.92. The number of aryl methyl sites for hydroxylation is 1. The van der Waals surface area contributed by atoms with Crippen molar-refractivity contribution in [2.45, 2.75) is 24.3 Å². The van der Waals surface area contributed by atoms with Crippen molar-refractivity contribution in [1.82, 2.24) is 20.3 Å². The number of rotatable bonds is 6. The van der Waals surface area contributed by atoms with Gasteiger partial charge in [-0.1, -0.05) is 23.0 Å². The summed E-state index contributed by atoms with van der Waals surface area (Å²) in [5, 5.41) is 15.5. The minimum atomic E-state index is -0.369. The summed E-state index contributed by atoms with van der Waals surface area (Å²) in [6.45, 7) is 3.55. The zero-order chi connectivity index (χ0) is 16.9. The Morgan fingerprint density at radius 2 is 2.38 bits per heavy atom. The number of thiophene rings is 1. The smallest absolute Gasteiger partial charge is 0.238 e. The van der Waals surface area contributed by atoms with Crippen LogP contribution >= 0.6 is 23.1 Å². The predicted octanol–water partition coefficient (Wildman–Crippen LogP) is 3.45. The maximum atomic E-state index is 12.1. The Morgan fingerprint density at radius 3 is 3.08 bits per heavy atom. The molecule has 2 N–H and O–H groups in total. The first kappa shape index (κ1) is 16.5. The quantitative estimate of drug-likeness (QED) is 0.653. The maximum Gasteiger partial charge on any atom is 0.238 e. The molecular weight excluding hydrogens is 346 g/mol. The summed E-state index contributed by atoms with van der Waals surface area (Å²) in [6, 6.07) is 5.67. The molecule has 0 fully saturated rings. The van der Waals surface area contributed by atoms with E-state index in [-0.39, 0.29) is 11.2 Å². The number of nitrogens with zero attached hydrogens (tertiary/aromatic N) is 3. The fourth-order valence-electron chi connectivity index (χ4n) is 1.80. The average molecular weight is 361 g/mol. The van der Waals surface area contributed by atoms with Gasteiger partial charge in [0, 0.05) is 10.9 Å². The van der Waals surface area contributed by atoms with Gasteiger partial charge in [-0.3, -0.25) is 9.89 Å². The third-order valence-electron chi connectivity index (χ3n) is 2.96. The number of hydrogen-bond acceptors (Lipinski definition) is 7. The molecule has 3 rings (SSSR count). The van der Waals surface area contributed by atoms with Gasteiger partial charge in [-0.15, -0.1) is 16.4 Å². The number of aromatic nitrogens is 4. The first-order valence-corrected chi connectivity index (χ1v) is 8.91. The standard InChI is InChI=1S/C15H15N5O2S2/c1-9-8-13(20-22-9)16-14(21)10(2)24-15-17-12(18-19-15)6-5-11-4-3-7-23-11/h3-8,10H,1-2H3,(H,16,20,21)(H,17,18,19)/b6-5+. The minimum Gasteiger partial charge on any atom is -0.360 e. The molecule has 124 valence electrons. The largest absolute Gasteiger partial charge is 0.360 e. The van der Waals surface area contributed by atoms with Crippen molar-refractivity contribution in [3.05, 3.63) is 40.0 Å². The summed E-state index contributed by atoms with van der Waals surface area (Å²) in [6.07, 6.45) is 3.81. The molecular formula is C15H15N5O2S2. The van der Waals surface area contributed by atoms with Gasteiger partial charge in [0.15, 0.2) is 5.82 Å². The Hall–Kier alpha value is -2.39. The average Bonchev–Trinajstić information content (AvgIpc) is 3.28.